The molecule has 5 heteroatoms. The Balaban J connectivity index is 2.51. The van der Waals surface area contributed by atoms with Gasteiger partial charge in [0.05, 0.1) is 18.8 Å². The Hall–Kier alpha value is -0.810. The van der Waals surface area contributed by atoms with Gasteiger partial charge in [0.25, 0.3) is 0 Å². The lowest BCUT2D eigenvalue weighted by atomic mass is 9.85. The number of methoxy groups -OCH3 is 1. The van der Waals surface area contributed by atoms with Crippen LogP contribution in [0.3, 0.4) is 0 Å². The molecule has 1 atom stereocenters. The number of rotatable bonds is 6. The first-order valence-electron chi connectivity index (χ1n) is 7.36. The molecule has 3 N–H and O–H groups in total. The fraction of sp³-hybridized carbons (Fsp3) is 0.929. The third kappa shape index (κ3) is 6.25. The number of aliphatic imine (C=N–C) groups is 1. The second-order valence-electron chi connectivity index (χ2n) is 5.48. The zero-order valence-corrected chi connectivity index (χ0v) is 12.5. The van der Waals surface area contributed by atoms with E-state index in [0.29, 0.717) is 13.2 Å². The van der Waals surface area contributed by atoms with Crippen LogP contribution >= 0.6 is 0 Å². The molecular formula is C14H29N3O2. The predicted molar refractivity (Wildman–Crippen MR) is 78.5 cm³/mol. The number of guanidine groups is 1. The summed E-state index contributed by atoms with van der Waals surface area (Å²) in [5.41, 5.74) is -0.606. The van der Waals surface area contributed by atoms with Gasteiger partial charge in [-0.1, -0.05) is 19.3 Å². The highest BCUT2D eigenvalue weighted by Crippen LogP contribution is 2.28. The molecule has 0 bridgehead atoms. The summed E-state index contributed by atoms with van der Waals surface area (Å²) in [6.45, 7) is 6.00. The van der Waals surface area contributed by atoms with Crippen molar-refractivity contribution in [2.45, 2.75) is 57.6 Å². The largest absolute Gasteiger partial charge is 0.388 e. The Morgan fingerprint density at radius 2 is 2.05 bits per heavy atom. The highest BCUT2D eigenvalue weighted by atomic mass is 16.5. The molecule has 5 nitrogen and oxygen atoms in total. The van der Waals surface area contributed by atoms with Crippen molar-refractivity contribution < 1.29 is 9.84 Å². The third-order valence-corrected chi connectivity index (χ3v) is 3.46. The van der Waals surface area contributed by atoms with E-state index in [9.17, 15) is 5.11 Å². The summed E-state index contributed by atoms with van der Waals surface area (Å²) in [7, 11) is 1.69. The van der Waals surface area contributed by atoms with E-state index in [4.69, 9.17) is 4.74 Å². The summed E-state index contributed by atoms with van der Waals surface area (Å²) in [5, 5.41) is 16.9. The highest BCUT2D eigenvalue weighted by molar-refractivity contribution is 5.80. The van der Waals surface area contributed by atoms with Gasteiger partial charge < -0.3 is 20.5 Å². The topological polar surface area (TPSA) is 65.9 Å². The fourth-order valence-electron chi connectivity index (χ4n) is 2.44. The molecule has 112 valence electrons. The van der Waals surface area contributed by atoms with Gasteiger partial charge in [-0.3, -0.25) is 4.99 Å². The number of hydrogen-bond donors (Lipinski definition) is 3. The number of hydrogen-bond acceptors (Lipinski definition) is 3. The molecule has 0 aliphatic heterocycles. The monoisotopic (exact) mass is 271 g/mol. The molecule has 1 saturated carbocycles. The highest BCUT2D eigenvalue weighted by Gasteiger charge is 2.28. The fourth-order valence-corrected chi connectivity index (χ4v) is 2.44. The van der Waals surface area contributed by atoms with E-state index >= 15 is 0 Å². The Bertz CT molecular complexity index is 276. The van der Waals surface area contributed by atoms with Crippen LogP contribution in [0.1, 0.15) is 46.0 Å². The molecular weight excluding hydrogens is 242 g/mol. The van der Waals surface area contributed by atoms with E-state index in [-0.39, 0.29) is 6.04 Å². The molecule has 1 aliphatic rings. The smallest absolute Gasteiger partial charge is 0.191 e. The van der Waals surface area contributed by atoms with Crippen molar-refractivity contribution in [3.63, 3.8) is 0 Å². The van der Waals surface area contributed by atoms with E-state index in [1.807, 2.05) is 13.8 Å². The van der Waals surface area contributed by atoms with Crippen molar-refractivity contribution >= 4 is 5.96 Å². The van der Waals surface area contributed by atoms with E-state index < -0.39 is 5.60 Å². The quantitative estimate of drug-likeness (QED) is 0.503. The van der Waals surface area contributed by atoms with Crippen LogP contribution in [0.25, 0.3) is 0 Å². The first-order valence-corrected chi connectivity index (χ1v) is 7.36. The summed E-state index contributed by atoms with van der Waals surface area (Å²) >= 11 is 0. The molecule has 1 unspecified atom stereocenters. The number of aliphatic hydroxyl groups is 1. The average molecular weight is 271 g/mol. The van der Waals surface area contributed by atoms with Crippen molar-refractivity contribution in [2.75, 3.05) is 26.8 Å². The molecule has 0 saturated heterocycles. The first kappa shape index (κ1) is 16.2. The van der Waals surface area contributed by atoms with Crippen LogP contribution in [0.2, 0.25) is 0 Å². The second-order valence-corrected chi connectivity index (χ2v) is 5.48. The Morgan fingerprint density at radius 1 is 1.37 bits per heavy atom. The van der Waals surface area contributed by atoms with E-state index in [1.54, 1.807) is 7.11 Å². The standard InChI is InChI=1S/C14H29N3O2/c1-4-15-13(17-12(2)10-19-3)16-11-14(18)8-6-5-7-9-14/h12,18H,4-11H2,1-3H3,(H2,15,16,17). The minimum Gasteiger partial charge on any atom is -0.388 e. The molecule has 19 heavy (non-hydrogen) atoms. The lowest BCUT2D eigenvalue weighted by Crippen LogP contribution is -2.45. The van der Waals surface area contributed by atoms with Gasteiger partial charge in [-0.15, -0.1) is 0 Å². The van der Waals surface area contributed by atoms with Crippen LogP contribution in [0.15, 0.2) is 4.99 Å². The summed E-state index contributed by atoms with van der Waals surface area (Å²) in [6.07, 6.45) is 5.18. The minimum absolute atomic E-state index is 0.198. The number of ether oxygens (including phenoxy) is 1. The van der Waals surface area contributed by atoms with E-state index in [0.717, 1.165) is 38.2 Å². The molecule has 0 radical (unpaired) electrons. The van der Waals surface area contributed by atoms with Crippen molar-refractivity contribution in [3.05, 3.63) is 0 Å². The van der Waals surface area contributed by atoms with Gasteiger partial charge in [0.1, 0.15) is 0 Å². The molecule has 0 amide bonds. The van der Waals surface area contributed by atoms with Crippen molar-refractivity contribution in [1.82, 2.24) is 10.6 Å². The summed E-state index contributed by atoms with van der Waals surface area (Å²) in [5.74, 6) is 0.756. The van der Waals surface area contributed by atoms with Crippen LogP contribution in [0, 0.1) is 0 Å². The predicted octanol–water partition coefficient (Wildman–Crippen LogP) is 1.27. The van der Waals surface area contributed by atoms with Crippen LogP contribution in [0.5, 0.6) is 0 Å². The van der Waals surface area contributed by atoms with E-state index in [1.165, 1.54) is 6.42 Å². The summed E-state index contributed by atoms with van der Waals surface area (Å²) in [6, 6.07) is 0.198. The van der Waals surface area contributed by atoms with Crippen molar-refractivity contribution in [3.8, 4) is 0 Å². The first-order chi connectivity index (χ1) is 9.09. The second kappa shape index (κ2) is 8.38. The zero-order chi connectivity index (χ0) is 14.1. The lowest BCUT2D eigenvalue weighted by Gasteiger charge is -2.30. The third-order valence-electron chi connectivity index (χ3n) is 3.46. The van der Waals surface area contributed by atoms with Gasteiger partial charge in [-0.05, 0) is 26.7 Å². The maximum absolute atomic E-state index is 10.4. The Kier molecular flexibility index (Phi) is 7.16. The molecule has 0 aromatic heterocycles. The molecule has 0 spiro atoms. The molecule has 1 rings (SSSR count). The van der Waals surface area contributed by atoms with Crippen LogP contribution in [-0.2, 0) is 4.74 Å². The minimum atomic E-state index is -0.606. The van der Waals surface area contributed by atoms with Gasteiger partial charge in [0, 0.05) is 19.7 Å². The van der Waals surface area contributed by atoms with E-state index in [2.05, 4.69) is 15.6 Å². The molecule has 1 aliphatic carbocycles. The maximum Gasteiger partial charge on any atom is 0.191 e. The lowest BCUT2D eigenvalue weighted by molar-refractivity contribution is 0.0131. The van der Waals surface area contributed by atoms with Crippen LogP contribution in [0.4, 0.5) is 0 Å². The maximum atomic E-state index is 10.4. The molecule has 0 aromatic rings. The van der Waals surface area contributed by atoms with Crippen LogP contribution in [-0.4, -0.2) is 49.5 Å². The van der Waals surface area contributed by atoms with Gasteiger partial charge in [0.15, 0.2) is 5.96 Å². The van der Waals surface area contributed by atoms with Crippen LogP contribution < -0.4 is 10.6 Å². The summed E-state index contributed by atoms with van der Waals surface area (Å²) in [4.78, 5) is 4.52. The number of nitrogens with zero attached hydrogens (tertiary/aromatic N) is 1. The zero-order valence-electron chi connectivity index (χ0n) is 12.5. The van der Waals surface area contributed by atoms with Gasteiger partial charge in [-0.2, -0.15) is 0 Å². The van der Waals surface area contributed by atoms with Crippen molar-refractivity contribution in [2.24, 2.45) is 4.99 Å². The van der Waals surface area contributed by atoms with Gasteiger partial charge >= 0.3 is 0 Å². The van der Waals surface area contributed by atoms with Gasteiger partial charge in [-0.25, -0.2) is 0 Å². The number of nitrogens with one attached hydrogen (secondary N) is 2. The average Bonchev–Trinajstić information content (AvgIpc) is 2.37. The molecule has 0 aromatic carbocycles. The molecule has 1 fully saturated rings. The SMILES string of the molecule is CCNC(=NCC1(O)CCCCC1)NC(C)COC. The Morgan fingerprint density at radius 3 is 2.63 bits per heavy atom. The van der Waals surface area contributed by atoms with Crippen molar-refractivity contribution in [1.29, 1.82) is 0 Å². The summed E-state index contributed by atoms with van der Waals surface area (Å²) < 4.78 is 5.10. The molecule has 0 heterocycles. The Labute approximate surface area is 116 Å². The van der Waals surface area contributed by atoms with Gasteiger partial charge in [0.2, 0.25) is 0 Å². The normalized spacial score (nSPS) is 20.9.